The largest absolute Gasteiger partial charge is 0.356 e. The van der Waals surface area contributed by atoms with Crippen LogP contribution in [0.25, 0.3) is 0 Å². The fraction of sp³-hybridized carbons (Fsp3) is 0.615. The number of guanidine groups is 1. The smallest absolute Gasteiger partial charge is 0.191 e. The summed E-state index contributed by atoms with van der Waals surface area (Å²) in [6, 6.07) is 4.99. The molecule has 2 rings (SSSR count). The Morgan fingerprint density at radius 2 is 2.41 bits per heavy atom. The summed E-state index contributed by atoms with van der Waals surface area (Å²) in [4.78, 5) is 5.70. The highest BCUT2D eigenvalue weighted by molar-refractivity contribution is 7.09. The molecule has 1 aromatic heterocycles. The second-order valence-corrected chi connectivity index (χ2v) is 5.79. The van der Waals surface area contributed by atoms with E-state index in [1.54, 1.807) is 0 Å². The third-order valence-electron chi connectivity index (χ3n) is 2.89. The first-order valence-electron chi connectivity index (χ1n) is 6.27. The van der Waals surface area contributed by atoms with Gasteiger partial charge >= 0.3 is 0 Å². The molecule has 1 aliphatic rings. The van der Waals surface area contributed by atoms with Crippen molar-refractivity contribution in [3.05, 3.63) is 22.4 Å². The SMILES string of the molecule is CN=C(NCC(C)Cc1cccs1)NC1CC1. The van der Waals surface area contributed by atoms with Crippen LogP contribution >= 0.6 is 11.3 Å². The highest BCUT2D eigenvalue weighted by Crippen LogP contribution is 2.18. The van der Waals surface area contributed by atoms with Crippen LogP contribution in [-0.2, 0) is 6.42 Å². The van der Waals surface area contributed by atoms with Crippen molar-refractivity contribution in [1.29, 1.82) is 0 Å². The van der Waals surface area contributed by atoms with E-state index in [1.165, 1.54) is 17.7 Å². The Labute approximate surface area is 107 Å². The Bertz CT molecular complexity index is 355. The van der Waals surface area contributed by atoms with Crippen LogP contribution < -0.4 is 10.6 Å². The normalized spacial score (nSPS) is 17.9. The molecule has 1 saturated carbocycles. The summed E-state index contributed by atoms with van der Waals surface area (Å²) in [6.45, 7) is 3.25. The van der Waals surface area contributed by atoms with Gasteiger partial charge in [-0.25, -0.2) is 0 Å². The molecule has 94 valence electrons. The molecule has 0 bridgehead atoms. The molecule has 4 heteroatoms. The summed E-state index contributed by atoms with van der Waals surface area (Å²) in [6.07, 6.45) is 3.71. The molecule has 0 spiro atoms. The number of aliphatic imine (C=N–C) groups is 1. The van der Waals surface area contributed by atoms with Crippen LogP contribution in [0.2, 0.25) is 0 Å². The van der Waals surface area contributed by atoms with Crippen molar-refractivity contribution in [3.63, 3.8) is 0 Å². The molecule has 2 N–H and O–H groups in total. The number of rotatable bonds is 5. The number of thiophene rings is 1. The molecular weight excluding hydrogens is 230 g/mol. The Kier molecular flexibility index (Phi) is 4.42. The molecule has 1 aromatic rings. The highest BCUT2D eigenvalue weighted by atomic mass is 32.1. The van der Waals surface area contributed by atoms with E-state index in [1.807, 2.05) is 18.4 Å². The van der Waals surface area contributed by atoms with E-state index in [9.17, 15) is 0 Å². The number of hydrogen-bond donors (Lipinski definition) is 2. The van der Waals surface area contributed by atoms with Gasteiger partial charge in [-0.2, -0.15) is 0 Å². The first-order chi connectivity index (χ1) is 8.28. The van der Waals surface area contributed by atoms with Gasteiger partial charge in [0.15, 0.2) is 5.96 Å². The van der Waals surface area contributed by atoms with E-state index in [2.05, 4.69) is 40.1 Å². The lowest BCUT2D eigenvalue weighted by Crippen LogP contribution is -2.40. The monoisotopic (exact) mass is 251 g/mol. The van der Waals surface area contributed by atoms with Crippen molar-refractivity contribution in [3.8, 4) is 0 Å². The highest BCUT2D eigenvalue weighted by Gasteiger charge is 2.22. The van der Waals surface area contributed by atoms with E-state index < -0.39 is 0 Å². The maximum atomic E-state index is 4.23. The van der Waals surface area contributed by atoms with Crippen LogP contribution in [0, 0.1) is 5.92 Å². The molecule has 1 fully saturated rings. The summed E-state index contributed by atoms with van der Waals surface area (Å²) < 4.78 is 0. The van der Waals surface area contributed by atoms with Crippen LogP contribution in [0.1, 0.15) is 24.6 Å². The van der Waals surface area contributed by atoms with Crippen molar-refractivity contribution >= 4 is 17.3 Å². The third-order valence-corrected chi connectivity index (χ3v) is 3.79. The van der Waals surface area contributed by atoms with Gasteiger partial charge < -0.3 is 10.6 Å². The molecule has 3 nitrogen and oxygen atoms in total. The second-order valence-electron chi connectivity index (χ2n) is 4.76. The topological polar surface area (TPSA) is 36.4 Å². The maximum absolute atomic E-state index is 4.23. The van der Waals surface area contributed by atoms with Crippen molar-refractivity contribution in [2.45, 2.75) is 32.2 Å². The van der Waals surface area contributed by atoms with Gasteiger partial charge in [-0.3, -0.25) is 4.99 Å². The summed E-state index contributed by atoms with van der Waals surface area (Å²) >= 11 is 1.84. The fourth-order valence-electron chi connectivity index (χ4n) is 1.73. The van der Waals surface area contributed by atoms with Crippen LogP contribution in [-0.4, -0.2) is 25.6 Å². The molecule has 1 atom stereocenters. The van der Waals surface area contributed by atoms with Gasteiger partial charge in [0, 0.05) is 24.5 Å². The van der Waals surface area contributed by atoms with Gasteiger partial charge in [0.2, 0.25) is 0 Å². The fourth-order valence-corrected chi connectivity index (χ4v) is 2.60. The summed E-state index contributed by atoms with van der Waals surface area (Å²) in [7, 11) is 1.83. The number of nitrogens with zero attached hydrogens (tertiary/aromatic N) is 1. The molecule has 0 aromatic carbocycles. The van der Waals surface area contributed by atoms with Crippen LogP contribution in [0.5, 0.6) is 0 Å². The zero-order chi connectivity index (χ0) is 12.1. The van der Waals surface area contributed by atoms with Crippen molar-refractivity contribution < 1.29 is 0 Å². The van der Waals surface area contributed by atoms with Crippen LogP contribution in [0.3, 0.4) is 0 Å². The lowest BCUT2D eigenvalue weighted by molar-refractivity contribution is 0.562. The van der Waals surface area contributed by atoms with Gasteiger partial charge in [-0.15, -0.1) is 11.3 Å². The van der Waals surface area contributed by atoms with E-state index in [-0.39, 0.29) is 0 Å². The molecule has 1 aliphatic carbocycles. The van der Waals surface area contributed by atoms with E-state index in [0.717, 1.165) is 18.9 Å². The van der Waals surface area contributed by atoms with E-state index in [0.29, 0.717) is 12.0 Å². The van der Waals surface area contributed by atoms with Gasteiger partial charge in [-0.05, 0) is 36.6 Å². The molecule has 0 amide bonds. The zero-order valence-corrected chi connectivity index (χ0v) is 11.4. The van der Waals surface area contributed by atoms with E-state index in [4.69, 9.17) is 0 Å². The molecule has 1 heterocycles. The maximum Gasteiger partial charge on any atom is 0.191 e. The standard InChI is InChI=1S/C13H21N3S/c1-10(8-12-4-3-7-17-12)9-15-13(14-2)16-11-5-6-11/h3-4,7,10-11H,5-6,8-9H2,1-2H3,(H2,14,15,16). The van der Waals surface area contributed by atoms with Crippen LogP contribution in [0.15, 0.2) is 22.5 Å². The minimum absolute atomic E-state index is 0.631. The Balaban J connectivity index is 1.69. The van der Waals surface area contributed by atoms with Crippen molar-refractivity contribution in [2.75, 3.05) is 13.6 Å². The Morgan fingerprint density at radius 3 is 3.00 bits per heavy atom. The molecular formula is C13H21N3S. The van der Waals surface area contributed by atoms with Gasteiger partial charge in [0.05, 0.1) is 0 Å². The van der Waals surface area contributed by atoms with Crippen molar-refractivity contribution in [2.24, 2.45) is 10.9 Å². The molecule has 0 radical (unpaired) electrons. The van der Waals surface area contributed by atoms with Gasteiger partial charge in [0.1, 0.15) is 0 Å². The van der Waals surface area contributed by atoms with E-state index >= 15 is 0 Å². The quantitative estimate of drug-likeness (QED) is 0.622. The number of hydrogen-bond acceptors (Lipinski definition) is 2. The van der Waals surface area contributed by atoms with Gasteiger partial charge in [-0.1, -0.05) is 13.0 Å². The average Bonchev–Trinajstić information content (AvgIpc) is 3.00. The molecule has 1 unspecified atom stereocenters. The number of nitrogens with one attached hydrogen (secondary N) is 2. The lowest BCUT2D eigenvalue weighted by atomic mass is 10.1. The molecule has 0 aliphatic heterocycles. The van der Waals surface area contributed by atoms with Crippen LogP contribution in [0.4, 0.5) is 0 Å². The minimum Gasteiger partial charge on any atom is -0.356 e. The summed E-state index contributed by atoms with van der Waals surface area (Å²) in [5, 5.41) is 8.93. The lowest BCUT2D eigenvalue weighted by Gasteiger charge is -2.15. The first-order valence-corrected chi connectivity index (χ1v) is 7.15. The third kappa shape index (κ3) is 4.38. The Morgan fingerprint density at radius 1 is 1.59 bits per heavy atom. The van der Waals surface area contributed by atoms with Gasteiger partial charge in [0.25, 0.3) is 0 Å². The average molecular weight is 251 g/mol. The first kappa shape index (κ1) is 12.4. The minimum atomic E-state index is 0.631. The zero-order valence-electron chi connectivity index (χ0n) is 10.6. The summed E-state index contributed by atoms with van der Waals surface area (Å²) in [5.41, 5.74) is 0. The Hall–Kier alpha value is -1.03. The molecule has 0 saturated heterocycles. The predicted octanol–water partition coefficient (Wildman–Crippen LogP) is 2.25. The predicted molar refractivity (Wildman–Crippen MR) is 74.7 cm³/mol. The second kappa shape index (κ2) is 6.05. The molecule has 17 heavy (non-hydrogen) atoms. The van der Waals surface area contributed by atoms with Crippen molar-refractivity contribution in [1.82, 2.24) is 10.6 Å². The summed E-state index contributed by atoms with van der Waals surface area (Å²) in [5.74, 6) is 1.58.